The van der Waals surface area contributed by atoms with Gasteiger partial charge < -0.3 is 19.5 Å². The number of benzene rings is 2. The molecule has 0 bridgehead atoms. The second-order valence-corrected chi connectivity index (χ2v) is 11.7. The molecule has 1 N–H and O–H groups in total. The van der Waals surface area contributed by atoms with E-state index < -0.39 is 22.8 Å². The molecule has 1 aliphatic carbocycles. The number of carbonyl (C=O) groups is 1. The summed E-state index contributed by atoms with van der Waals surface area (Å²) in [5.41, 5.74) is 0.982. The predicted octanol–water partition coefficient (Wildman–Crippen LogP) is 5.36. The third-order valence-corrected chi connectivity index (χ3v) is 9.02. The second kappa shape index (κ2) is 12.3. The molecule has 2 aliphatic rings. The first-order valence-electron chi connectivity index (χ1n) is 14.7. The Morgan fingerprint density at radius 2 is 1.70 bits per heavy atom. The molecule has 6 rings (SSSR count). The average molecular weight is 605 g/mol. The zero-order valence-corrected chi connectivity index (χ0v) is 24.8. The molecular formula is C32H34ClFN6O3. The van der Waals surface area contributed by atoms with Gasteiger partial charge >= 0.3 is 5.97 Å². The average Bonchev–Trinajstić information content (AvgIpc) is 3.03. The molecule has 4 aromatic rings. The second-order valence-electron chi connectivity index (χ2n) is 11.4. The molecule has 9 nitrogen and oxygen atoms in total. The van der Waals surface area contributed by atoms with Crippen LogP contribution in [0.25, 0.3) is 16.6 Å². The predicted molar refractivity (Wildman–Crippen MR) is 166 cm³/mol. The van der Waals surface area contributed by atoms with Gasteiger partial charge in [0.25, 0.3) is 0 Å². The van der Waals surface area contributed by atoms with Crippen LogP contribution in [-0.2, 0) is 6.54 Å². The molecule has 1 saturated heterocycles. The van der Waals surface area contributed by atoms with Crippen molar-refractivity contribution in [1.82, 2.24) is 19.4 Å². The van der Waals surface area contributed by atoms with Crippen molar-refractivity contribution in [3.05, 3.63) is 87.2 Å². The Bertz CT molecular complexity index is 1680. The van der Waals surface area contributed by atoms with Crippen LogP contribution in [0.15, 0.2) is 59.8 Å². The summed E-state index contributed by atoms with van der Waals surface area (Å²) in [6, 6.07) is 11.2. The highest BCUT2D eigenvalue weighted by atomic mass is 35.5. The van der Waals surface area contributed by atoms with E-state index in [9.17, 15) is 14.7 Å². The quantitative estimate of drug-likeness (QED) is 0.301. The van der Waals surface area contributed by atoms with Gasteiger partial charge in [-0.3, -0.25) is 9.69 Å². The first-order valence-corrected chi connectivity index (χ1v) is 15.1. The van der Waals surface area contributed by atoms with Crippen LogP contribution in [0, 0.1) is 5.82 Å². The lowest BCUT2D eigenvalue weighted by Crippen LogP contribution is -2.47. The number of anilines is 2. The Hall–Kier alpha value is -4.02. The molecule has 1 aliphatic heterocycles. The first-order chi connectivity index (χ1) is 20.8. The number of hydrogen-bond donors (Lipinski definition) is 1. The fourth-order valence-electron chi connectivity index (χ4n) is 6.34. The molecule has 11 heteroatoms. The lowest BCUT2D eigenvalue weighted by molar-refractivity contribution is 0.0695. The number of carboxylic acids is 1. The van der Waals surface area contributed by atoms with Crippen molar-refractivity contribution in [3.8, 4) is 5.69 Å². The fraction of sp³-hybridized carbons (Fsp3) is 0.375. The minimum Gasteiger partial charge on any atom is -0.477 e. The number of aromatic nitrogens is 3. The minimum atomic E-state index is -1.38. The Morgan fingerprint density at radius 1 is 1.05 bits per heavy atom. The fourth-order valence-corrected chi connectivity index (χ4v) is 6.74. The van der Waals surface area contributed by atoms with Gasteiger partial charge in [-0.05, 0) is 49.7 Å². The smallest absolute Gasteiger partial charge is 0.341 e. The van der Waals surface area contributed by atoms with Crippen molar-refractivity contribution in [1.29, 1.82) is 0 Å². The molecule has 2 fully saturated rings. The van der Waals surface area contributed by atoms with E-state index in [0.29, 0.717) is 43.9 Å². The lowest BCUT2D eigenvalue weighted by atomic mass is 9.94. The van der Waals surface area contributed by atoms with Gasteiger partial charge in [0.2, 0.25) is 11.4 Å². The van der Waals surface area contributed by atoms with Gasteiger partial charge in [0.05, 0.1) is 21.6 Å². The van der Waals surface area contributed by atoms with Crippen molar-refractivity contribution in [2.45, 2.75) is 44.7 Å². The van der Waals surface area contributed by atoms with Crippen LogP contribution >= 0.6 is 11.6 Å². The molecule has 43 heavy (non-hydrogen) atoms. The van der Waals surface area contributed by atoms with Crippen LogP contribution in [0.2, 0.25) is 5.02 Å². The van der Waals surface area contributed by atoms with Crippen LogP contribution < -0.4 is 15.2 Å². The Balaban J connectivity index is 1.36. The maximum absolute atomic E-state index is 15.7. The van der Waals surface area contributed by atoms with Gasteiger partial charge in [-0.1, -0.05) is 43.0 Å². The summed E-state index contributed by atoms with van der Waals surface area (Å²) in [5, 5.41) is 9.80. The summed E-state index contributed by atoms with van der Waals surface area (Å²) in [7, 11) is 2.15. The van der Waals surface area contributed by atoms with Crippen LogP contribution in [0.1, 0.15) is 48.0 Å². The molecular weight excluding hydrogens is 571 g/mol. The summed E-state index contributed by atoms with van der Waals surface area (Å²) in [6.45, 7) is 2.83. The number of nitrogens with zero attached hydrogens (tertiary/aromatic N) is 6. The van der Waals surface area contributed by atoms with Crippen molar-refractivity contribution in [2.24, 2.45) is 0 Å². The topological polar surface area (TPSA) is 94.8 Å². The molecule has 0 spiro atoms. The normalized spacial score (nSPS) is 16.3. The van der Waals surface area contributed by atoms with Gasteiger partial charge in [-0.15, -0.1) is 0 Å². The standard InChI is InChI=1S/C32H34ClFN6O3/c1-37(22-6-3-2-4-7-22)19-21-8-10-23(11-9-21)40-20-25(31(42)43)30(41)24-18-26(34)29(27(33)28(24)40)38-14-16-39(17-15-38)32-35-12-5-13-36-32/h5,8-13,18,20,22H,2-4,6-7,14-17,19H2,1H3,(H,42,43). The Labute approximate surface area is 254 Å². The zero-order valence-electron chi connectivity index (χ0n) is 24.0. The summed E-state index contributed by atoms with van der Waals surface area (Å²) in [4.78, 5) is 40.1. The molecule has 224 valence electrons. The third-order valence-electron chi connectivity index (χ3n) is 8.66. The monoisotopic (exact) mass is 604 g/mol. The Kier molecular flexibility index (Phi) is 8.32. The summed E-state index contributed by atoms with van der Waals surface area (Å²) in [5.74, 6) is -1.45. The summed E-state index contributed by atoms with van der Waals surface area (Å²) < 4.78 is 17.3. The minimum absolute atomic E-state index is 0.0644. The number of hydrogen-bond acceptors (Lipinski definition) is 7. The van der Waals surface area contributed by atoms with Crippen LogP contribution in [-0.4, -0.2) is 69.8 Å². The van der Waals surface area contributed by atoms with E-state index in [0.717, 1.165) is 18.2 Å². The Morgan fingerprint density at radius 3 is 2.35 bits per heavy atom. The van der Waals surface area contributed by atoms with Crippen LogP contribution in [0.5, 0.6) is 0 Å². The highest BCUT2D eigenvalue weighted by molar-refractivity contribution is 6.38. The van der Waals surface area contributed by atoms with Crippen molar-refractivity contribution < 1.29 is 14.3 Å². The van der Waals surface area contributed by atoms with E-state index in [2.05, 4.69) is 21.9 Å². The zero-order chi connectivity index (χ0) is 30.1. The maximum Gasteiger partial charge on any atom is 0.341 e. The molecule has 2 aromatic heterocycles. The number of aromatic carboxylic acids is 1. The number of piperazine rings is 1. The SMILES string of the molecule is CN(Cc1ccc(-n2cc(C(=O)O)c(=O)c3cc(F)c(N4CCN(c5ncccn5)CC4)c(Cl)c32)cc1)C1CCCCC1. The lowest BCUT2D eigenvalue weighted by Gasteiger charge is -2.36. The number of rotatable bonds is 7. The molecule has 0 unspecified atom stereocenters. The summed E-state index contributed by atoms with van der Waals surface area (Å²) in [6.07, 6.45) is 10.9. The van der Waals surface area contributed by atoms with Gasteiger partial charge in [0.1, 0.15) is 11.4 Å². The molecule has 0 radical (unpaired) electrons. The third kappa shape index (κ3) is 5.81. The first kappa shape index (κ1) is 29.1. The number of fused-ring (bicyclic) bond motifs is 1. The van der Waals surface area contributed by atoms with Gasteiger partial charge in [0.15, 0.2) is 0 Å². The number of pyridine rings is 1. The van der Waals surface area contributed by atoms with Crippen molar-refractivity contribution in [2.75, 3.05) is 43.0 Å². The molecule has 1 saturated carbocycles. The summed E-state index contributed by atoms with van der Waals surface area (Å²) >= 11 is 6.94. The van der Waals surface area contributed by atoms with Crippen LogP contribution in [0.4, 0.5) is 16.0 Å². The highest BCUT2D eigenvalue weighted by Gasteiger charge is 2.27. The maximum atomic E-state index is 15.7. The van der Waals surface area contributed by atoms with E-state index in [-0.39, 0.29) is 21.6 Å². The van der Waals surface area contributed by atoms with Crippen molar-refractivity contribution >= 4 is 40.1 Å². The number of halogens is 2. The molecule has 3 heterocycles. The molecule has 2 aromatic carbocycles. The van der Waals surface area contributed by atoms with E-state index in [4.69, 9.17) is 11.6 Å². The van der Waals surface area contributed by atoms with E-state index in [1.54, 1.807) is 23.0 Å². The van der Waals surface area contributed by atoms with Crippen LogP contribution in [0.3, 0.4) is 0 Å². The van der Waals surface area contributed by atoms with Gasteiger partial charge in [0, 0.05) is 63.0 Å². The largest absolute Gasteiger partial charge is 0.477 e. The molecule has 0 amide bonds. The number of carboxylic acid groups (broad SMARTS) is 1. The van der Waals surface area contributed by atoms with E-state index >= 15 is 4.39 Å². The highest BCUT2D eigenvalue weighted by Crippen LogP contribution is 2.37. The van der Waals surface area contributed by atoms with Crippen molar-refractivity contribution in [3.63, 3.8) is 0 Å². The van der Waals surface area contributed by atoms with Gasteiger partial charge in [-0.25, -0.2) is 19.2 Å². The van der Waals surface area contributed by atoms with Gasteiger partial charge in [-0.2, -0.15) is 0 Å². The molecule has 0 atom stereocenters. The van der Waals surface area contributed by atoms with E-state index in [1.165, 1.54) is 38.3 Å². The van der Waals surface area contributed by atoms with E-state index in [1.807, 2.05) is 34.1 Å².